The van der Waals surface area contributed by atoms with Crippen molar-refractivity contribution in [3.63, 3.8) is 0 Å². The summed E-state index contributed by atoms with van der Waals surface area (Å²) in [4.78, 5) is 123. The van der Waals surface area contributed by atoms with Gasteiger partial charge in [0.05, 0.1) is 66.2 Å². The number of carboxylic acid groups (broad SMARTS) is 1. The topological polar surface area (TPSA) is 300 Å². The van der Waals surface area contributed by atoms with Gasteiger partial charge < -0.3 is 52.5 Å². The lowest BCUT2D eigenvalue weighted by Crippen LogP contribution is -2.41. The largest absolute Gasteiger partial charge is 0.478 e. The van der Waals surface area contributed by atoms with E-state index in [0.29, 0.717) is 64.8 Å². The van der Waals surface area contributed by atoms with Gasteiger partial charge in [-0.15, -0.1) is 0 Å². The summed E-state index contributed by atoms with van der Waals surface area (Å²) in [6, 6.07) is 0. The first-order chi connectivity index (χ1) is 36.4. The predicted octanol–water partition coefficient (Wildman–Crippen LogP) is 11.2. The normalized spacial score (nSPS) is 19.9. The number of ether oxygens (including phenoxy) is 10. The van der Waals surface area contributed by atoms with Crippen LogP contribution in [-0.4, -0.2) is 133 Å². The van der Waals surface area contributed by atoms with E-state index in [1.165, 1.54) is 13.8 Å². The second kappa shape index (κ2) is 36.9. The number of rotatable bonds is 17. The van der Waals surface area contributed by atoms with Crippen molar-refractivity contribution in [3.8, 4) is 0 Å². The fourth-order valence-corrected chi connectivity index (χ4v) is 5.85. The van der Waals surface area contributed by atoms with E-state index >= 15 is 0 Å². The third kappa shape index (κ3) is 29.8. The van der Waals surface area contributed by atoms with Gasteiger partial charge in [0.1, 0.15) is 24.9 Å². The van der Waals surface area contributed by atoms with E-state index in [0.717, 1.165) is 12.8 Å². The Labute approximate surface area is 503 Å². The van der Waals surface area contributed by atoms with E-state index in [1.807, 2.05) is 90.0 Å². The highest BCUT2D eigenvalue weighted by atomic mass is 16.6. The molecular weight excluding hydrogens is 1100 g/mol. The van der Waals surface area contributed by atoms with Gasteiger partial charge in [-0.3, -0.25) is 43.2 Å². The zero-order valence-electron chi connectivity index (χ0n) is 51.6. The van der Waals surface area contributed by atoms with Gasteiger partial charge in [0.25, 0.3) is 0 Å². The molecule has 22 nitrogen and oxygen atoms in total. The molecule has 0 aromatic heterocycles. The number of carbonyl (C=O) groups is 11. The van der Waals surface area contributed by atoms with Crippen LogP contribution in [0.1, 0.15) is 239 Å². The van der Waals surface area contributed by atoms with Crippen LogP contribution in [0.25, 0.3) is 0 Å². The molecular formula is C62H112O22. The molecule has 0 bridgehead atoms. The summed E-state index contributed by atoms with van der Waals surface area (Å²) in [7, 11) is 0. The molecule has 0 radical (unpaired) electrons. The fraction of sp³-hybridized carbons (Fsp3) is 0.823. The van der Waals surface area contributed by atoms with E-state index in [1.54, 1.807) is 34.6 Å². The maximum Gasteiger partial charge on any atom is 0.347 e. The lowest BCUT2D eigenvalue weighted by Gasteiger charge is -2.33. The lowest BCUT2D eigenvalue weighted by atomic mass is 9.87. The molecule has 5 aliphatic heterocycles. The first kappa shape index (κ1) is 87.0. The minimum Gasteiger partial charge on any atom is -0.478 e. The number of hydrogen-bond acceptors (Lipinski definition) is 21. The maximum atomic E-state index is 12.0. The van der Waals surface area contributed by atoms with E-state index in [4.69, 9.17) is 47.7 Å². The number of hydrogen-bond donors (Lipinski definition) is 1. The molecule has 5 heterocycles. The molecule has 0 aromatic rings. The van der Waals surface area contributed by atoms with Gasteiger partial charge in [-0.2, -0.15) is 0 Å². The van der Waals surface area contributed by atoms with Crippen LogP contribution in [0.5, 0.6) is 0 Å². The molecule has 0 aromatic carbocycles. The van der Waals surface area contributed by atoms with E-state index in [2.05, 4.69) is 4.74 Å². The third-order valence-electron chi connectivity index (χ3n) is 14.7. The molecule has 0 saturated carbocycles. The molecule has 5 fully saturated rings. The van der Waals surface area contributed by atoms with Crippen LogP contribution in [0.4, 0.5) is 0 Å². The molecule has 0 amide bonds. The molecule has 4 atom stereocenters. The Bertz CT molecular complexity index is 2140. The molecule has 0 aliphatic carbocycles. The Morgan fingerprint density at radius 3 is 1.27 bits per heavy atom. The van der Waals surface area contributed by atoms with Gasteiger partial charge in [-0.25, -0.2) is 9.59 Å². The van der Waals surface area contributed by atoms with Crippen molar-refractivity contribution in [2.75, 3.05) is 33.0 Å². The quantitative estimate of drug-likeness (QED) is 0.104. The summed E-state index contributed by atoms with van der Waals surface area (Å²) in [5.41, 5.74) is -5.52. The fourth-order valence-electron chi connectivity index (χ4n) is 5.85. The summed E-state index contributed by atoms with van der Waals surface area (Å²) in [6.07, 6.45) is 5.05. The highest BCUT2D eigenvalue weighted by Gasteiger charge is 2.44. The van der Waals surface area contributed by atoms with E-state index in [9.17, 15) is 52.7 Å². The smallest absolute Gasteiger partial charge is 0.347 e. The van der Waals surface area contributed by atoms with Crippen molar-refractivity contribution in [2.24, 2.45) is 33.0 Å². The number of aliphatic carboxylic acids is 1. The first-order valence-electron chi connectivity index (χ1n) is 27.6. The number of carbonyl (C=O) groups excluding carboxylic acids is 10. The number of cyclic esters (lactones) is 5. The molecule has 492 valence electrons. The third-order valence-corrected chi connectivity index (χ3v) is 14.7. The van der Waals surface area contributed by atoms with Gasteiger partial charge in [-0.05, 0) is 142 Å². The first-order valence-corrected chi connectivity index (χ1v) is 27.6. The molecule has 5 saturated heterocycles. The van der Waals surface area contributed by atoms with Crippen LogP contribution in [0.2, 0.25) is 0 Å². The van der Waals surface area contributed by atoms with Crippen molar-refractivity contribution in [1.29, 1.82) is 0 Å². The van der Waals surface area contributed by atoms with Gasteiger partial charge in [0.15, 0.2) is 5.60 Å². The second-order valence-corrected chi connectivity index (χ2v) is 24.7. The molecule has 4 unspecified atom stereocenters. The Kier molecular flexibility index (Phi) is 38.2. The summed E-state index contributed by atoms with van der Waals surface area (Å²) >= 11 is 0. The van der Waals surface area contributed by atoms with Crippen LogP contribution in [0, 0.1) is 33.0 Å². The molecule has 5 aliphatic rings. The average molecular weight is 1210 g/mol. The Morgan fingerprint density at radius 1 is 0.512 bits per heavy atom. The molecule has 84 heavy (non-hydrogen) atoms. The maximum absolute atomic E-state index is 12.0. The highest BCUT2D eigenvalue weighted by Crippen LogP contribution is 2.34. The molecule has 22 heteroatoms. The van der Waals surface area contributed by atoms with Gasteiger partial charge in [0.2, 0.25) is 11.7 Å². The molecule has 0 spiro atoms. The van der Waals surface area contributed by atoms with Gasteiger partial charge in [-0.1, -0.05) is 64.3 Å². The number of carboxylic acids is 1. The van der Waals surface area contributed by atoms with E-state index < -0.39 is 67.9 Å². The minimum atomic E-state index is -1.45. The standard InChI is InChI=1S/C13H22O4.C11H18O4.2C10H16O4.C10H18O4.C4H6O2.4CH4/c1-6-12(2,3)11(15)17-13(4,5)9-7-10(14)16-8-9;1-5-10(2,3)9(13)15-11(4)6-8(12)14-7-11;1-4-10(2,3)9(12)14-7-5-8(11)13-6-7;1-4-10(2,3)9(12)14-7-5-6-13-8(7)11;1-6-9(2,3)8(13)14-10(4,5)7(11)12;5-4-2-1-3-6-4;;;;/h9H,6-8H2,1-5H3;5-7H2,1-4H3;2*7H,4-6H2,1-3H3;6H2,1-5H3,(H,11,12);1-3H2;4*1H4. The van der Waals surface area contributed by atoms with Crippen molar-refractivity contribution in [3.05, 3.63) is 0 Å². The lowest BCUT2D eigenvalue weighted by molar-refractivity contribution is -0.181. The Hall–Kier alpha value is -5.83. The monoisotopic (exact) mass is 1210 g/mol. The Morgan fingerprint density at radius 2 is 0.940 bits per heavy atom. The Balaban J connectivity index is -0.000000299. The van der Waals surface area contributed by atoms with Crippen LogP contribution >= 0.6 is 0 Å². The minimum absolute atomic E-state index is 0. The van der Waals surface area contributed by atoms with Crippen LogP contribution in [0.3, 0.4) is 0 Å². The van der Waals surface area contributed by atoms with Crippen LogP contribution in [-0.2, 0) is 100 Å². The highest BCUT2D eigenvalue weighted by molar-refractivity contribution is 5.84. The van der Waals surface area contributed by atoms with Gasteiger partial charge in [0, 0.05) is 18.8 Å². The second-order valence-electron chi connectivity index (χ2n) is 24.7. The summed E-state index contributed by atoms with van der Waals surface area (Å²) < 4.78 is 49.7. The predicted molar refractivity (Wildman–Crippen MR) is 316 cm³/mol. The molecule has 5 rings (SSSR count). The van der Waals surface area contributed by atoms with Crippen molar-refractivity contribution < 1.29 is 105 Å². The number of esters is 10. The summed E-state index contributed by atoms with van der Waals surface area (Å²) in [5.74, 6) is -4.04. The van der Waals surface area contributed by atoms with Crippen LogP contribution < -0.4 is 0 Å². The van der Waals surface area contributed by atoms with Crippen molar-refractivity contribution in [2.45, 2.75) is 268 Å². The summed E-state index contributed by atoms with van der Waals surface area (Å²) in [5, 5.41) is 8.75. The van der Waals surface area contributed by atoms with Crippen molar-refractivity contribution in [1.82, 2.24) is 0 Å². The molecule has 1 N–H and O–H groups in total. The van der Waals surface area contributed by atoms with E-state index in [-0.39, 0.29) is 116 Å². The van der Waals surface area contributed by atoms with Crippen molar-refractivity contribution >= 4 is 65.7 Å². The van der Waals surface area contributed by atoms with Gasteiger partial charge >= 0.3 is 65.7 Å². The zero-order valence-corrected chi connectivity index (χ0v) is 51.6. The summed E-state index contributed by atoms with van der Waals surface area (Å²) in [6.45, 7) is 37.5. The average Bonchev–Trinajstić information content (AvgIpc) is 4.25. The van der Waals surface area contributed by atoms with Crippen LogP contribution in [0.15, 0.2) is 0 Å². The SMILES string of the molecule is C.C.C.C.CCC(C)(C)C(=O)OC(C)(C)C(=O)O.CCC(C)(C)C(=O)OC(C)(C)C1COC(=O)C1.CCC(C)(C)C(=O)OC1(C)COC(=O)C1.CCC(C)(C)C(=O)OC1CCOC1=O.CCC(C)(C)C(=O)OC1COC(=O)C1.O=C1CCCO1. The zero-order chi connectivity index (χ0) is 62.5.